The molecule has 1 aromatic carbocycles. The van der Waals surface area contributed by atoms with Gasteiger partial charge in [0.15, 0.2) is 0 Å². The standard InChI is InChI=1S/C13H13FN4O4/c1-17-7-11(20)18(13(17)22)6-10(19)16-12(21)15-9-5-3-2-4-8(9)14/h2-5H,6-7H2,1H3,(H2,15,16,19,21). The zero-order valence-electron chi connectivity index (χ0n) is 11.6. The van der Waals surface area contributed by atoms with Crippen molar-refractivity contribution < 1.29 is 23.6 Å². The summed E-state index contributed by atoms with van der Waals surface area (Å²) in [6.45, 7) is -0.694. The Morgan fingerprint density at radius 2 is 1.95 bits per heavy atom. The number of amides is 6. The van der Waals surface area contributed by atoms with E-state index in [4.69, 9.17) is 0 Å². The molecule has 0 unspecified atom stereocenters. The molecule has 8 nitrogen and oxygen atoms in total. The molecule has 0 aliphatic carbocycles. The first-order valence-electron chi connectivity index (χ1n) is 6.29. The van der Waals surface area contributed by atoms with Crippen LogP contribution in [0.5, 0.6) is 0 Å². The lowest BCUT2D eigenvalue weighted by Crippen LogP contribution is -2.44. The van der Waals surface area contributed by atoms with E-state index < -0.39 is 36.2 Å². The molecule has 1 heterocycles. The lowest BCUT2D eigenvalue weighted by molar-refractivity contribution is -0.130. The van der Waals surface area contributed by atoms with E-state index in [0.717, 1.165) is 15.9 Å². The summed E-state index contributed by atoms with van der Waals surface area (Å²) in [5.74, 6) is -2.04. The summed E-state index contributed by atoms with van der Waals surface area (Å²) >= 11 is 0. The molecule has 0 bridgehead atoms. The molecule has 1 aromatic rings. The lowest BCUT2D eigenvalue weighted by Gasteiger charge is -2.13. The topological polar surface area (TPSA) is 98.8 Å². The minimum Gasteiger partial charge on any atom is -0.318 e. The number of hydrogen-bond donors (Lipinski definition) is 2. The second-order valence-corrected chi connectivity index (χ2v) is 4.60. The fourth-order valence-corrected chi connectivity index (χ4v) is 1.85. The van der Waals surface area contributed by atoms with Crippen LogP contribution in [0.4, 0.5) is 19.7 Å². The van der Waals surface area contributed by atoms with Crippen molar-refractivity contribution in [2.45, 2.75) is 0 Å². The first-order valence-corrected chi connectivity index (χ1v) is 6.29. The maximum Gasteiger partial charge on any atom is 0.327 e. The number of imide groups is 2. The van der Waals surface area contributed by atoms with Gasteiger partial charge in [0.2, 0.25) is 5.91 Å². The van der Waals surface area contributed by atoms with E-state index in [1.54, 1.807) is 0 Å². The van der Waals surface area contributed by atoms with Gasteiger partial charge < -0.3 is 10.2 Å². The number of anilines is 1. The van der Waals surface area contributed by atoms with Gasteiger partial charge in [-0.15, -0.1) is 0 Å². The van der Waals surface area contributed by atoms with Crippen LogP contribution in [0, 0.1) is 5.82 Å². The van der Waals surface area contributed by atoms with Crippen LogP contribution < -0.4 is 10.6 Å². The normalized spacial score (nSPS) is 14.3. The molecule has 2 rings (SSSR count). The summed E-state index contributed by atoms with van der Waals surface area (Å²) < 4.78 is 13.3. The molecule has 116 valence electrons. The number of nitrogens with one attached hydrogen (secondary N) is 2. The SMILES string of the molecule is CN1CC(=O)N(CC(=O)NC(=O)Nc2ccccc2F)C1=O. The Kier molecular flexibility index (Phi) is 4.35. The predicted octanol–water partition coefficient (Wildman–Crippen LogP) is 0.368. The molecule has 6 amide bonds. The zero-order valence-corrected chi connectivity index (χ0v) is 11.6. The molecule has 22 heavy (non-hydrogen) atoms. The Bertz CT molecular complexity index is 649. The van der Waals surface area contributed by atoms with Crippen LogP contribution in [0.25, 0.3) is 0 Å². The van der Waals surface area contributed by atoms with Gasteiger partial charge in [-0.3, -0.25) is 19.8 Å². The van der Waals surface area contributed by atoms with Crippen LogP contribution in [0.2, 0.25) is 0 Å². The monoisotopic (exact) mass is 308 g/mol. The molecular formula is C13H13FN4O4. The van der Waals surface area contributed by atoms with Gasteiger partial charge in [0.25, 0.3) is 5.91 Å². The number of halogens is 1. The van der Waals surface area contributed by atoms with E-state index in [9.17, 15) is 23.6 Å². The molecule has 0 atom stereocenters. The molecule has 0 radical (unpaired) electrons. The summed E-state index contributed by atoms with van der Waals surface area (Å²) in [6.07, 6.45) is 0. The van der Waals surface area contributed by atoms with E-state index >= 15 is 0 Å². The fourth-order valence-electron chi connectivity index (χ4n) is 1.85. The van der Waals surface area contributed by atoms with Gasteiger partial charge in [0.05, 0.1) is 5.69 Å². The van der Waals surface area contributed by atoms with E-state index in [-0.39, 0.29) is 12.2 Å². The zero-order chi connectivity index (χ0) is 16.3. The van der Waals surface area contributed by atoms with Gasteiger partial charge in [-0.1, -0.05) is 12.1 Å². The van der Waals surface area contributed by atoms with Crippen molar-refractivity contribution in [3.05, 3.63) is 30.1 Å². The minimum atomic E-state index is -0.956. The largest absolute Gasteiger partial charge is 0.327 e. The Morgan fingerprint density at radius 1 is 1.27 bits per heavy atom. The number of para-hydroxylation sites is 1. The van der Waals surface area contributed by atoms with E-state index in [2.05, 4.69) is 5.32 Å². The lowest BCUT2D eigenvalue weighted by atomic mass is 10.3. The summed E-state index contributed by atoms with van der Waals surface area (Å²) in [5.41, 5.74) is -0.0964. The van der Waals surface area contributed by atoms with Crippen LogP contribution in [0.1, 0.15) is 0 Å². The summed E-state index contributed by atoms with van der Waals surface area (Å²) in [7, 11) is 1.42. The van der Waals surface area contributed by atoms with Crippen LogP contribution in [0.15, 0.2) is 24.3 Å². The quantitative estimate of drug-likeness (QED) is 0.788. The molecule has 0 saturated carbocycles. The average Bonchev–Trinajstić information content (AvgIpc) is 2.68. The molecule has 2 N–H and O–H groups in total. The number of carbonyl (C=O) groups is 4. The first kappa shape index (κ1) is 15.4. The van der Waals surface area contributed by atoms with Gasteiger partial charge >= 0.3 is 12.1 Å². The molecule has 9 heteroatoms. The van der Waals surface area contributed by atoms with Crippen molar-refractivity contribution in [1.82, 2.24) is 15.1 Å². The van der Waals surface area contributed by atoms with Crippen molar-refractivity contribution in [3.63, 3.8) is 0 Å². The third-order valence-electron chi connectivity index (χ3n) is 2.91. The van der Waals surface area contributed by atoms with Gasteiger partial charge in [-0.2, -0.15) is 0 Å². The molecule has 0 aromatic heterocycles. The number of nitrogens with zero attached hydrogens (tertiary/aromatic N) is 2. The number of carbonyl (C=O) groups excluding carboxylic acids is 4. The van der Waals surface area contributed by atoms with Crippen molar-refractivity contribution in [1.29, 1.82) is 0 Å². The van der Waals surface area contributed by atoms with E-state index in [0.29, 0.717) is 0 Å². The summed E-state index contributed by atoms with van der Waals surface area (Å²) in [5, 5.41) is 4.07. The third-order valence-corrected chi connectivity index (χ3v) is 2.91. The number of likely N-dealkylation sites (N-methyl/N-ethyl adjacent to an activating group) is 1. The van der Waals surface area contributed by atoms with Crippen LogP contribution in [-0.4, -0.2) is 53.8 Å². The second kappa shape index (κ2) is 6.20. The Labute approximate surface area is 124 Å². The average molecular weight is 308 g/mol. The molecule has 1 aliphatic heterocycles. The smallest absolute Gasteiger partial charge is 0.318 e. The maximum atomic E-state index is 13.3. The summed E-state index contributed by atoms with van der Waals surface area (Å²) in [4.78, 5) is 48.2. The Hall–Kier alpha value is -2.97. The van der Waals surface area contributed by atoms with Gasteiger partial charge in [-0.05, 0) is 12.1 Å². The van der Waals surface area contributed by atoms with Crippen molar-refractivity contribution in [3.8, 4) is 0 Å². The fraction of sp³-hybridized carbons (Fsp3) is 0.231. The predicted molar refractivity (Wildman–Crippen MR) is 73.3 cm³/mol. The summed E-state index contributed by atoms with van der Waals surface area (Å²) in [6, 6.07) is 3.86. The molecule has 1 fully saturated rings. The third kappa shape index (κ3) is 3.37. The molecule has 1 aliphatic rings. The van der Waals surface area contributed by atoms with Crippen LogP contribution in [0.3, 0.4) is 0 Å². The number of benzene rings is 1. The number of rotatable bonds is 3. The molecule has 1 saturated heterocycles. The maximum absolute atomic E-state index is 13.3. The van der Waals surface area contributed by atoms with E-state index in [1.165, 1.54) is 25.2 Å². The van der Waals surface area contributed by atoms with Crippen molar-refractivity contribution in [2.24, 2.45) is 0 Å². The highest BCUT2D eigenvalue weighted by molar-refractivity contribution is 6.07. The molecular weight excluding hydrogens is 295 g/mol. The highest BCUT2D eigenvalue weighted by Gasteiger charge is 2.34. The highest BCUT2D eigenvalue weighted by Crippen LogP contribution is 2.12. The molecule has 0 spiro atoms. The van der Waals surface area contributed by atoms with Gasteiger partial charge in [0, 0.05) is 7.05 Å². The van der Waals surface area contributed by atoms with E-state index in [1.807, 2.05) is 5.32 Å². The van der Waals surface area contributed by atoms with Gasteiger partial charge in [-0.25, -0.2) is 14.0 Å². The number of urea groups is 2. The van der Waals surface area contributed by atoms with Crippen LogP contribution in [-0.2, 0) is 9.59 Å². The van der Waals surface area contributed by atoms with Gasteiger partial charge in [0.1, 0.15) is 18.9 Å². The first-order chi connectivity index (χ1) is 10.4. The van der Waals surface area contributed by atoms with Crippen molar-refractivity contribution in [2.75, 3.05) is 25.5 Å². The van der Waals surface area contributed by atoms with Crippen molar-refractivity contribution >= 4 is 29.6 Å². The minimum absolute atomic E-state index is 0.0964. The second-order valence-electron chi connectivity index (χ2n) is 4.60. The highest BCUT2D eigenvalue weighted by atomic mass is 19.1. The Morgan fingerprint density at radius 3 is 2.55 bits per heavy atom. The Balaban J connectivity index is 1.90. The number of hydrogen-bond acceptors (Lipinski definition) is 4. The van der Waals surface area contributed by atoms with Crippen LogP contribution >= 0.6 is 0 Å².